The fraction of sp³-hybridized carbons (Fsp3) is 0.800. The third kappa shape index (κ3) is 2.06. The maximum atomic E-state index is 5.97. The summed E-state index contributed by atoms with van der Waals surface area (Å²) in [4.78, 5) is 0. The van der Waals surface area contributed by atoms with Crippen molar-refractivity contribution >= 4 is 0 Å². The summed E-state index contributed by atoms with van der Waals surface area (Å²) in [6.45, 7) is 6.72. The van der Waals surface area contributed by atoms with Crippen LogP contribution in [0.5, 0.6) is 0 Å². The number of nitrogens with two attached hydrogens (primary N) is 1. The van der Waals surface area contributed by atoms with Crippen LogP contribution < -0.4 is 5.73 Å². The van der Waals surface area contributed by atoms with Gasteiger partial charge in [0.1, 0.15) is 0 Å². The third-order valence-electron chi connectivity index (χ3n) is 2.70. The lowest BCUT2D eigenvalue weighted by Gasteiger charge is -2.27. The summed E-state index contributed by atoms with van der Waals surface area (Å²) in [6, 6.07) is 0.400. The first-order valence-corrected chi connectivity index (χ1v) is 4.55. The molecule has 1 nitrogen and oxygen atoms in total. The number of hydrogen-bond acceptors (Lipinski definition) is 1. The number of rotatable bonds is 1. The zero-order valence-electron chi connectivity index (χ0n) is 7.80. The Morgan fingerprint density at radius 3 is 2.64 bits per heavy atom. The van der Waals surface area contributed by atoms with Gasteiger partial charge in [0.2, 0.25) is 0 Å². The van der Waals surface area contributed by atoms with E-state index in [1.807, 2.05) is 0 Å². The highest BCUT2D eigenvalue weighted by Crippen LogP contribution is 2.26. The molecule has 1 rings (SSSR count). The second kappa shape index (κ2) is 3.40. The molecule has 0 aromatic heterocycles. The molecule has 0 aromatic rings. The first-order valence-electron chi connectivity index (χ1n) is 4.55. The fourth-order valence-electron chi connectivity index (χ4n) is 1.54. The summed E-state index contributed by atoms with van der Waals surface area (Å²) in [5.41, 5.74) is 7.52. The lowest BCUT2D eigenvalue weighted by atomic mass is 9.83. The summed E-state index contributed by atoms with van der Waals surface area (Å²) in [6.07, 6.45) is 4.66. The summed E-state index contributed by atoms with van der Waals surface area (Å²) in [7, 11) is 0. The predicted molar refractivity (Wildman–Crippen MR) is 49.3 cm³/mol. The van der Waals surface area contributed by atoms with E-state index < -0.39 is 0 Å². The van der Waals surface area contributed by atoms with Gasteiger partial charge in [0.15, 0.2) is 0 Å². The molecule has 0 saturated carbocycles. The van der Waals surface area contributed by atoms with E-state index >= 15 is 0 Å². The van der Waals surface area contributed by atoms with Gasteiger partial charge in [-0.3, -0.25) is 0 Å². The number of allylic oxidation sites excluding steroid dienone is 1. The van der Waals surface area contributed by atoms with Crippen molar-refractivity contribution in [2.75, 3.05) is 0 Å². The standard InChI is InChI=1S/C10H19N/c1-7(2)9-5-4-8(3)10(11)6-9/h5,7-8,10H,4,6,11H2,1-3H3. The maximum absolute atomic E-state index is 5.97. The summed E-state index contributed by atoms with van der Waals surface area (Å²) < 4.78 is 0. The van der Waals surface area contributed by atoms with Crippen LogP contribution in [0.2, 0.25) is 0 Å². The van der Waals surface area contributed by atoms with Crippen LogP contribution in [-0.2, 0) is 0 Å². The van der Waals surface area contributed by atoms with Crippen LogP contribution in [0.4, 0.5) is 0 Å². The van der Waals surface area contributed by atoms with Crippen LogP contribution in [-0.4, -0.2) is 6.04 Å². The van der Waals surface area contributed by atoms with Gasteiger partial charge < -0.3 is 5.73 Å². The van der Waals surface area contributed by atoms with Crippen molar-refractivity contribution in [1.82, 2.24) is 0 Å². The van der Waals surface area contributed by atoms with Gasteiger partial charge in [0.25, 0.3) is 0 Å². The van der Waals surface area contributed by atoms with Gasteiger partial charge in [0.05, 0.1) is 0 Å². The third-order valence-corrected chi connectivity index (χ3v) is 2.70. The largest absolute Gasteiger partial charge is 0.327 e. The van der Waals surface area contributed by atoms with Crippen LogP contribution in [0.1, 0.15) is 33.6 Å². The van der Waals surface area contributed by atoms with Crippen LogP contribution >= 0.6 is 0 Å². The Morgan fingerprint density at radius 1 is 1.55 bits per heavy atom. The van der Waals surface area contributed by atoms with Crippen molar-refractivity contribution in [3.05, 3.63) is 11.6 Å². The van der Waals surface area contributed by atoms with Crippen molar-refractivity contribution in [3.63, 3.8) is 0 Å². The molecule has 2 atom stereocenters. The molecule has 2 unspecified atom stereocenters. The zero-order chi connectivity index (χ0) is 8.43. The molecule has 1 aliphatic carbocycles. The van der Waals surface area contributed by atoms with Gasteiger partial charge in [-0.2, -0.15) is 0 Å². The second-order valence-electron chi connectivity index (χ2n) is 4.01. The molecule has 0 saturated heterocycles. The van der Waals surface area contributed by atoms with Gasteiger partial charge in [-0.15, -0.1) is 0 Å². The van der Waals surface area contributed by atoms with E-state index in [0.29, 0.717) is 17.9 Å². The zero-order valence-corrected chi connectivity index (χ0v) is 7.80. The Kier molecular flexibility index (Phi) is 2.72. The Bertz CT molecular complexity index is 158. The lowest BCUT2D eigenvalue weighted by Crippen LogP contribution is -2.31. The van der Waals surface area contributed by atoms with E-state index in [-0.39, 0.29) is 0 Å². The Hall–Kier alpha value is -0.300. The highest BCUT2D eigenvalue weighted by atomic mass is 14.6. The normalized spacial score (nSPS) is 32.3. The van der Waals surface area contributed by atoms with Crippen molar-refractivity contribution in [1.29, 1.82) is 0 Å². The molecular weight excluding hydrogens is 134 g/mol. The SMILES string of the molecule is CC(C)C1=CCC(C)C(N)C1. The van der Waals surface area contributed by atoms with Gasteiger partial charge in [-0.1, -0.05) is 32.4 Å². The summed E-state index contributed by atoms with van der Waals surface area (Å²) in [5, 5.41) is 0. The first kappa shape index (κ1) is 8.79. The van der Waals surface area contributed by atoms with E-state index in [9.17, 15) is 0 Å². The average Bonchev–Trinajstić information content (AvgIpc) is 1.94. The van der Waals surface area contributed by atoms with Crippen LogP contribution in [0.3, 0.4) is 0 Å². The molecular formula is C10H19N. The molecule has 1 aliphatic rings. The van der Waals surface area contributed by atoms with Crippen molar-refractivity contribution in [3.8, 4) is 0 Å². The van der Waals surface area contributed by atoms with E-state index in [1.165, 1.54) is 6.42 Å². The Labute approximate surface area is 69.7 Å². The van der Waals surface area contributed by atoms with Crippen molar-refractivity contribution in [2.24, 2.45) is 17.6 Å². The van der Waals surface area contributed by atoms with E-state index in [1.54, 1.807) is 5.57 Å². The van der Waals surface area contributed by atoms with Gasteiger partial charge >= 0.3 is 0 Å². The monoisotopic (exact) mass is 153 g/mol. The molecule has 0 aliphatic heterocycles. The minimum absolute atomic E-state index is 0.400. The highest BCUT2D eigenvalue weighted by molar-refractivity contribution is 5.11. The van der Waals surface area contributed by atoms with E-state index in [2.05, 4.69) is 26.8 Å². The second-order valence-corrected chi connectivity index (χ2v) is 4.01. The van der Waals surface area contributed by atoms with Crippen molar-refractivity contribution < 1.29 is 0 Å². The molecule has 0 bridgehead atoms. The van der Waals surface area contributed by atoms with Gasteiger partial charge in [0, 0.05) is 6.04 Å². The molecule has 0 radical (unpaired) electrons. The number of hydrogen-bond donors (Lipinski definition) is 1. The quantitative estimate of drug-likeness (QED) is 0.575. The minimum Gasteiger partial charge on any atom is -0.327 e. The summed E-state index contributed by atoms with van der Waals surface area (Å²) in [5.74, 6) is 1.37. The molecule has 1 heteroatoms. The van der Waals surface area contributed by atoms with Crippen molar-refractivity contribution in [2.45, 2.75) is 39.7 Å². The fourth-order valence-corrected chi connectivity index (χ4v) is 1.54. The first-order chi connectivity index (χ1) is 5.11. The van der Waals surface area contributed by atoms with Crippen LogP contribution in [0.25, 0.3) is 0 Å². The topological polar surface area (TPSA) is 26.0 Å². The van der Waals surface area contributed by atoms with E-state index in [4.69, 9.17) is 5.73 Å². The molecule has 2 N–H and O–H groups in total. The maximum Gasteiger partial charge on any atom is 0.0105 e. The van der Waals surface area contributed by atoms with Gasteiger partial charge in [-0.05, 0) is 24.7 Å². The Morgan fingerprint density at radius 2 is 2.18 bits per heavy atom. The highest BCUT2D eigenvalue weighted by Gasteiger charge is 2.19. The molecule has 0 amide bonds. The van der Waals surface area contributed by atoms with Crippen LogP contribution in [0, 0.1) is 11.8 Å². The Balaban J connectivity index is 2.59. The average molecular weight is 153 g/mol. The van der Waals surface area contributed by atoms with Crippen LogP contribution in [0.15, 0.2) is 11.6 Å². The molecule has 11 heavy (non-hydrogen) atoms. The molecule has 64 valence electrons. The van der Waals surface area contributed by atoms with Gasteiger partial charge in [-0.25, -0.2) is 0 Å². The molecule has 0 fully saturated rings. The molecule has 0 heterocycles. The molecule has 0 aromatic carbocycles. The molecule has 0 spiro atoms. The lowest BCUT2D eigenvalue weighted by molar-refractivity contribution is 0.419. The minimum atomic E-state index is 0.400. The van der Waals surface area contributed by atoms with E-state index in [0.717, 1.165) is 6.42 Å². The predicted octanol–water partition coefficient (Wildman–Crippen LogP) is 2.33. The smallest absolute Gasteiger partial charge is 0.0105 e. The summed E-state index contributed by atoms with van der Waals surface area (Å²) >= 11 is 0.